The minimum atomic E-state index is -0.204. The molecule has 1 aliphatic carbocycles. The molecule has 0 spiro atoms. The largest absolute Gasteiger partial charge is 0.338 e. The van der Waals surface area contributed by atoms with E-state index in [4.69, 9.17) is 6.42 Å². The number of hydrogen-bond donors (Lipinski definition) is 1. The summed E-state index contributed by atoms with van der Waals surface area (Å²) in [5, 5.41) is 2.81. The molecule has 1 amide bonds. The first-order chi connectivity index (χ1) is 8.20. The van der Waals surface area contributed by atoms with E-state index >= 15 is 0 Å². The lowest BCUT2D eigenvalue weighted by molar-refractivity contribution is 0.0952. The highest BCUT2D eigenvalue weighted by atomic mass is 32.1. The quantitative estimate of drug-likeness (QED) is 0.632. The Kier molecular flexibility index (Phi) is 3.86. The van der Waals surface area contributed by atoms with E-state index in [-0.39, 0.29) is 11.9 Å². The second kappa shape index (κ2) is 5.37. The summed E-state index contributed by atoms with van der Waals surface area (Å²) < 4.78 is 0. The summed E-state index contributed by atoms with van der Waals surface area (Å²) in [6, 6.07) is 1.84. The van der Waals surface area contributed by atoms with Crippen LogP contribution in [0.25, 0.3) is 0 Å². The van der Waals surface area contributed by atoms with Crippen LogP contribution in [0.4, 0.5) is 0 Å². The van der Waals surface area contributed by atoms with Crippen LogP contribution in [-0.4, -0.2) is 11.9 Å². The van der Waals surface area contributed by atoms with Crippen LogP contribution in [0.15, 0.2) is 6.07 Å². The fraction of sp³-hybridized carbons (Fsp3) is 0.500. The van der Waals surface area contributed by atoms with E-state index in [1.54, 1.807) is 11.3 Å². The maximum Gasteiger partial charge on any atom is 0.262 e. The molecule has 0 saturated heterocycles. The number of terminal acetylenes is 1. The van der Waals surface area contributed by atoms with Crippen LogP contribution >= 0.6 is 11.3 Å². The summed E-state index contributed by atoms with van der Waals surface area (Å²) in [5.41, 5.74) is 1.37. The minimum absolute atomic E-state index is 0.0338. The van der Waals surface area contributed by atoms with Gasteiger partial charge in [-0.1, -0.05) is 12.3 Å². The zero-order chi connectivity index (χ0) is 12.3. The van der Waals surface area contributed by atoms with Gasteiger partial charge in [-0.25, -0.2) is 0 Å². The molecule has 1 N–H and O–H groups in total. The molecule has 0 fully saturated rings. The lowest BCUT2D eigenvalue weighted by Gasteiger charge is -2.05. The third kappa shape index (κ3) is 2.89. The molecule has 0 saturated carbocycles. The molecule has 2 nitrogen and oxygen atoms in total. The molecule has 0 aliphatic heterocycles. The van der Waals surface area contributed by atoms with Gasteiger partial charge in [-0.2, -0.15) is 0 Å². The molecule has 1 atom stereocenters. The molecule has 2 rings (SSSR count). The zero-order valence-electron chi connectivity index (χ0n) is 10.1. The third-order valence-electron chi connectivity index (χ3n) is 3.07. The van der Waals surface area contributed by atoms with Crippen molar-refractivity contribution in [2.75, 3.05) is 0 Å². The Bertz CT molecular complexity index is 432. The Hall–Kier alpha value is -1.27. The van der Waals surface area contributed by atoms with Crippen molar-refractivity contribution >= 4 is 17.2 Å². The Morgan fingerprint density at radius 1 is 1.47 bits per heavy atom. The molecule has 17 heavy (non-hydrogen) atoms. The van der Waals surface area contributed by atoms with Crippen molar-refractivity contribution < 1.29 is 4.79 Å². The van der Waals surface area contributed by atoms with Crippen LogP contribution < -0.4 is 5.32 Å². The van der Waals surface area contributed by atoms with Crippen LogP contribution in [0.3, 0.4) is 0 Å². The Labute approximate surface area is 106 Å². The Balaban J connectivity index is 2.12. The molecule has 0 aromatic carbocycles. The van der Waals surface area contributed by atoms with Gasteiger partial charge in [0.25, 0.3) is 5.91 Å². The number of carbonyl (C=O) groups excluding carboxylic acids is 1. The van der Waals surface area contributed by atoms with Crippen molar-refractivity contribution in [3.63, 3.8) is 0 Å². The second-order valence-corrected chi connectivity index (χ2v) is 5.62. The van der Waals surface area contributed by atoms with Crippen molar-refractivity contribution in [1.29, 1.82) is 0 Å². The summed E-state index contributed by atoms with van der Waals surface area (Å²) in [7, 11) is 0. The predicted molar refractivity (Wildman–Crippen MR) is 71.3 cm³/mol. The average molecular weight is 247 g/mol. The Morgan fingerprint density at radius 3 is 3.00 bits per heavy atom. The normalized spacial score (nSPS) is 16.5. The van der Waals surface area contributed by atoms with Gasteiger partial charge < -0.3 is 5.32 Å². The summed E-state index contributed by atoms with van der Waals surface area (Å²) >= 11 is 1.63. The van der Waals surface area contributed by atoms with Crippen LogP contribution in [-0.2, 0) is 12.8 Å². The van der Waals surface area contributed by atoms with E-state index in [2.05, 4.69) is 11.2 Å². The van der Waals surface area contributed by atoms with Crippen molar-refractivity contribution in [2.24, 2.45) is 0 Å². The highest BCUT2D eigenvalue weighted by Gasteiger charge is 2.16. The summed E-state index contributed by atoms with van der Waals surface area (Å²) in [5.74, 6) is 2.48. The first kappa shape index (κ1) is 12.2. The molecule has 1 unspecified atom stereocenters. The van der Waals surface area contributed by atoms with Crippen molar-refractivity contribution in [3.05, 3.63) is 21.4 Å². The molecule has 1 aromatic rings. The van der Waals surface area contributed by atoms with Crippen molar-refractivity contribution in [3.8, 4) is 12.3 Å². The Morgan fingerprint density at radius 2 is 2.24 bits per heavy atom. The first-order valence-corrected chi connectivity index (χ1v) is 6.91. The number of aryl methyl sites for hydroxylation is 2. The summed E-state index contributed by atoms with van der Waals surface area (Å²) in [6.45, 7) is 1.82. The van der Waals surface area contributed by atoms with E-state index in [1.165, 1.54) is 29.7 Å². The van der Waals surface area contributed by atoms with E-state index < -0.39 is 0 Å². The minimum Gasteiger partial charge on any atom is -0.338 e. The van der Waals surface area contributed by atoms with Crippen LogP contribution in [0.5, 0.6) is 0 Å². The molecule has 0 bridgehead atoms. The van der Waals surface area contributed by atoms with Crippen molar-refractivity contribution in [2.45, 2.75) is 45.1 Å². The molecular formula is C14H17NOS. The number of amides is 1. The number of hydrogen-bond acceptors (Lipinski definition) is 2. The maximum atomic E-state index is 11.9. The monoisotopic (exact) mass is 247 g/mol. The topological polar surface area (TPSA) is 29.1 Å². The standard InChI is InChI=1S/C14H17NOS/c1-3-10(2)15-14(16)13-9-11-7-5-4-6-8-12(11)17-13/h1,9-10H,4-8H2,2H3,(H,15,16). The summed E-state index contributed by atoms with van der Waals surface area (Å²) in [6.07, 6.45) is 11.3. The molecule has 1 aliphatic rings. The van der Waals surface area contributed by atoms with E-state index in [9.17, 15) is 4.79 Å². The molecule has 0 radical (unpaired) electrons. The fourth-order valence-electron chi connectivity index (χ4n) is 2.09. The van der Waals surface area contributed by atoms with E-state index in [0.29, 0.717) is 0 Å². The zero-order valence-corrected chi connectivity index (χ0v) is 10.9. The predicted octanol–water partition coefficient (Wildman–Crippen LogP) is 2.77. The maximum absolute atomic E-state index is 11.9. The van der Waals surface area contributed by atoms with Gasteiger partial charge in [-0.15, -0.1) is 17.8 Å². The first-order valence-electron chi connectivity index (χ1n) is 6.09. The fourth-order valence-corrected chi connectivity index (χ4v) is 3.25. The van der Waals surface area contributed by atoms with Gasteiger partial charge in [-0.05, 0) is 44.2 Å². The number of thiophene rings is 1. The SMILES string of the molecule is C#CC(C)NC(=O)c1cc2c(s1)CCCCC2. The van der Waals surface area contributed by atoms with Gasteiger partial charge in [0.05, 0.1) is 10.9 Å². The lowest BCUT2D eigenvalue weighted by Crippen LogP contribution is -2.30. The van der Waals surface area contributed by atoms with Gasteiger partial charge in [0.1, 0.15) is 0 Å². The third-order valence-corrected chi connectivity index (χ3v) is 4.30. The van der Waals surface area contributed by atoms with Crippen LogP contribution in [0.1, 0.15) is 46.3 Å². The highest BCUT2D eigenvalue weighted by molar-refractivity contribution is 7.14. The molecule has 1 aromatic heterocycles. The highest BCUT2D eigenvalue weighted by Crippen LogP contribution is 2.28. The average Bonchev–Trinajstić information content (AvgIpc) is 2.61. The smallest absolute Gasteiger partial charge is 0.262 e. The second-order valence-electron chi connectivity index (χ2n) is 4.48. The van der Waals surface area contributed by atoms with Gasteiger partial charge in [0, 0.05) is 4.88 Å². The van der Waals surface area contributed by atoms with Gasteiger partial charge in [-0.3, -0.25) is 4.79 Å². The van der Waals surface area contributed by atoms with Crippen molar-refractivity contribution in [1.82, 2.24) is 5.32 Å². The van der Waals surface area contributed by atoms with Crippen LogP contribution in [0, 0.1) is 12.3 Å². The van der Waals surface area contributed by atoms with Crippen LogP contribution in [0.2, 0.25) is 0 Å². The molecule has 3 heteroatoms. The van der Waals surface area contributed by atoms with Gasteiger partial charge >= 0.3 is 0 Å². The number of carbonyl (C=O) groups is 1. The molecular weight excluding hydrogens is 230 g/mol. The number of nitrogens with one attached hydrogen (secondary N) is 1. The number of fused-ring (bicyclic) bond motifs is 1. The van der Waals surface area contributed by atoms with Gasteiger partial charge in [0.15, 0.2) is 0 Å². The van der Waals surface area contributed by atoms with Gasteiger partial charge in [0.2, 0.25) is 0 Å². The van der Waals surface area contributed by atoms with E-state index in [1.807, 2.05) is 13.0 Å². The number of rotatable bonds is 2. The lowest BCUT2D eigenvalue weighted by atomic mass is 10.1. The molecule has 90 valence electrons. The summed E-state index contributed by atoms with van der Waals surface area (Å²) in [4.78, 5) is 14.1. The molecule has 1 heterocycles. The van der Waals surface area contributed by atoms with E-state index in [0.717, 1.165) is 17.7 Å².